The Morgan fingerprint density at radius 2 is 2.00 bits per heavy atom. The van der Waals surface area contributed by atoms with E-state index in [1.165, 1.54) is 18.2 Å². The summed E-state index contributed by atoms with van der Waals surface area (Å²) in [7, 11) is 0. The summed E-state index contributed by atoms with van der Waals surface area (Å²) in [6, 6.07) is 7.85. The van der Waals surface area contributed by atoms with Crippen LogP contribution in [0, 0.1) is 5.82 Å². The fraction of sp³-hybridized carbons (Fsp3) is 0.294. The highest BCUT2D eigenvalue weighted by molar-refractivity contribution is 6.33. The lowest BCUT2D eigenvalue weighted by molar-refractivity contribution is 0.0628. The predicted octanol–water partition coefficient (Wildman–Crippen LogP) is 2.83. The van der Waals surface area contributed by atoms with E-state index >= 15 is 0 Å². The largest absolute Gasteiger partial charge is 0.336 e. The van der Waals surface area contributed by atoms with Gasteiger partial charge in [0.15, 0.2) is 0 Å². The number of carbonyl (C=O) groups is 1. The Hall–Kier alpha value is -1.98. The van der Waals surface area contributed by atoms with Crippen LogP contribution in [-0.2, 0) is 6.54 Å². The first-order valence-corrected chi connectivity index (χ1v) is 7.87. The lowest BCUT2D eigenvalue weighted by Crippen LogP contribution is -2.48. The van der Waals surface area contributed by atoms with Gasteiger partial charge in [-0.2, -0.15) is 0 Å². The summed E-state index contributed by atoms with van der Waals surface area (Å²) in [5.74, 6) is -0.580. The van der Waals surface area contributed by atoms with Crippen LogP contribution in [0.5, 0.6) is 0 Å². The van der Waals surface area contributed by atoms with Gasteiger partial charge in [0, 0.05) is 45.1 Å². The van der Waals surface area contributed by atoms with E-state index in [9.17, 15) is 9.18 Å². The van der Waals surface area contributed by atoms with Crippen LogP contribution in [0.4, 0.5) is 4.39 Å². The van der Waals surface area contributed by atoms with Gasteiger partial charge in [0.2, 0.25) is 0 Å². The van der Waals surface area contributed by atoms with Gasteiger partial charge < -0.3 is 4.90 Å². The number of halogens is 2. The first-order chi connectivity index (χ1) is 11.1. The van der Waals surface area contributed by atoms with Gasteiger partial charge in [-0.15, -0.1) is 0 Å². The number of rotatable bonds is 3. The Morgan fingerprint density at radius 3 is 2.65 bits per heavy atom. The van der Waals surface area contributed by atoms with E-state index in [1.54, 1.807) is 11.1 Å². The molecule has 0 N–H and O–H groups in total. The van der Waals surface area contributed by atoms with Crippen LogP contribution in [0.25, 0.3) is 0 Å². The van der Waals surface area contributed by atoms with Crippen molar-refractivity contribution < 1.29 is 9.18 Å². The average Bonchev–Trinajstić information content (AvgIpc) is 2.56. The SMILES string of the molecule is O=C(c1ccc(F)cc1Cl)N1CCN(Cc2cccnc2)CC1. The summed E-state index contributed by atoms with van der Waals surface area (Å²) in [4.78, 5) is 20.6. The fourth-order valence-electron chi connectivity index (χ4n) is 2.69. The van der Waals surface area contributed by atoms with Crippen molar-refractivity contribution in [1.82, 2.24) is 14.8 Å². The van der Waals surface area contributed by atoms with E-state index in [-0.39, 0.29) is 10.9 Å². The van der Waals surface area contributed by atoms with Gasteiger partial charge in [0.05, 0.1) is 10.6 Å². The van der Waals surface area contributed by atoms with Crippen molar-refractivity contribution in [1.29, 1.82) is 0 Å². The maximum Gasteiger partial charge on any atom is 0.255 e. The van der Waals surface area contributed by atoms with E-state index in [4.69, 9.17) is 11.6 Å². The molecule has 0 radical (unpaired) electrons. The maximum atomic E-state index is 13.1. The van der Waals surface area contributed by atoms with Gasteiger partial charge in [-0.05, 0) is 29.8 Å². The highest BCUT2D eigenvalue weighted by Crippen LogP contribution is 2.20. The number of hydrogen-bond donors (Lipinski definition) is 0. The van der Waals surface area contributed by atoms with Crippen molar-refractivity contribution in [3.05, 3.63) is 64.7 Å². The Bertz CT molecular complexity index is 687. The molecule has 2 aromatic rings. The van der Waals surface area contributed by atoms with Gasteiger partial charge >= 0.3 is 0 Å². The summed E-state index contributed by atoms with van der Waals surface area (Å²) < 4.78 is 13.1. The normalized spacial score (nSPS) is 15.7. The summed E-state index contributed by atoms with van der Waals surface area (Å²) >= 11 is 5.97. The van der Waals surface area contributed by atoms with Gasteiger partial charge in [0.1, 0.15) is 5.82 Å². The monoisotopic (exact) mass is 333 g/mol. The molecule has 0 aliphatic carbocycles. The van der Waals surface area contributed by atoms with Crippen LogP contribution >= 0.6 is 11.6 Å². The second-order valence-electron chi connectivity index (χ2n) is 5.55. The lowest BCUT2D eigenvalue weighted by atomic mass is 10.1. The molecule has 2 heterocycles. The Labute approximate surface area is 139 Å². The van der Waals surface area contributed by atoms with Crippen molar-refractivity contribution >= 4 is 17.5 Å². The van der Waals surface area contributed by atoms with Crippen molar-refractivity contribution in [2.45, 2.75) is 6.54 Å². The summed E-state index contributed by atoms with van der Waals surface area (Å²) in [5.41, 5.74) is 1.52. The van der Waals surface area contributed by atoms with Crippen molar-refractivity contribution in [2.24, 2.45) is 0 Å². The standard InChI is InChI=1S/C17H17ClFN3O/c18-16-10-14(19)3-4-15(16)17(23)22-8-6-21(7-9-22)12-13-2-1-5-20-11-13/h1-5,10-11H,6-9,12H2. The second kappa shape index (κ2) is 7.06. The number of piperazine rings is 1. The Morgan fingerprint density at radius 1 is 1.22 bits per heavy atom. The molecule has 0 bridgehead atoms. The third-order valence-electron chi connectivity index (χ3n) is 3.95. The molecule has 120 valence electrons. The number of pyridine rings is 1. The van der Waals surface area contributed by atoms with E-state index in [2.05, 4.69) is 9.88 Å². The van der Waals surface area contributed by atoms with E-state index in [1.807, 2.05) is 18.3 Å². The second-order valence-corrected chi connectivity index (χ2v) is 5.96. The van der Waals surface area contributed by atoms with Crippen LogP contribution in [0.2, 0.25) is 5.02 Å². The molecule has 0 atom stereocenters. The fourth-order valence-corrected chi connectivity index (χ4v) is 2.94. The molecule has 4 nitrogen and oxygen atoms in total. The third-order valence-corrected chi connectivity index (χ3v) is 4.26. The zero-order valence-corrected chi connectivity index (χ0v) is 13.3. The third kappa shape index (κ3) is 3.86. The van der Waals surface area contributed by atoms with Crippen LogP contribution in [0.15, 0.2) is 42.7 Å². The summed E-state index contributed by atoms with van der Waals surface area (Å²) in [6.45, 7) is 3.67. The average molecular weight is 334 g/mol. The number of amides is 1. The van der Waals surface area contributed by atoms with Crippen molar-refractivity contribution in [3.8, 4) is 0 Å². The van der Waals surface area contributed by atoms with Gasteiger partial charge in [-0.3, -0.25) is 14.7 Å². The zero-order chi connectivity index (χ0) is 16.2. The molecule has 3 rings (SSSR count). The molecule has 1 fully saturated rings. The van der Waals surface area contributed by atoms with Crippen LogP contribution in [0.3, 0.4) is 0 Å². The molecule has 1 aliphatic rings. The molecule has 1 saturated heterocycles. The van der Waals surface area contributed by atoms with Crippen LogP contribution < -0.4 is 0 Å². The molecule has 1 aromatic heterocycles. The zero-order valence-electron chi connectivity index (χ0n) is 12.6. The molecular weight excluding hydrogens is 317 g/mol. The molecule has 1 aliphatic heterocycles. The van der Waals surface area contributed by atoms with E-state index < -0.39 is 5.82 Å². The van der Waals surface area contributed by atoms with Crippen LogP contribution in [0.1, 0.15) is 15.9 Å². The molecule has 0 saturated carbocycles. The number of nitrogens with zero attached hydrogens (tertiary/aromatic N) is 3. The smallest absolute Gasteiger partial charge is 0.255 e. The molecule has 0 unspecified atom stereocenters. The summed E-state index contributed by atoms with van der Waals surface area (Å²) in [5, 5.41) is 0.160. The van der Waals surface area contributed by atoms with Gasteiger partial charge in [-0.25, -0.2) is 4.39 Å². The molecule has 23 heavy (non-hydrogen) atoms. The topological polar surface area (TPSA) is 36.4 Å². The number of carbonyl (C=O) groups excluding carboxylic acids is 1. The quantitative estimate of drug-likeness (QED) is 0.866. The first-order valence-electron chi connectivity index (χ1n) is 7.49. The molecule has 1 amide bonds. The number of benzene rings is 1. The molecule has 0 spiro atoms. The Balaban J connectivity index is 1.59. The van der Waals surface area contributed by atoms with Gasteiger partial charge in [0.25, 0.3) is 5.91 Å². The summed E-state index contributed by atoms with van der Waals surface area (Å²) in [6.07, 6.45) is 3.61. The minimum atomic E-state index is -0.437. The van der Waals surface area contributed by atoms with Gasteiger partial charge in [-0.1, -0.05) is 17.7 Å². The maximum absolute atomic E-state index is 13.1. The molecule has 6 heteroatoms. The lowest BCUT2D eigenvalue weighted by Gasteiger charge is -2.34. The minimum Gasteiger partial charge on any atom is -0.336 e. The number of hydrogen-bond acceptors (Lipinski definition) is 3. The van der Waals surface area contributed by atoms with Crippen LogP contribution in [-0.4, -0.2) is 46.9 Å². The number of aromatic nitrogens is 1. The van der Waals surface area contributed by atoms with E-state index in [0.29, 0.717) is 18.7 Å². The predicted molar refractivity (Wildman–Crippen MR) is 86.8 cm³/mol. The first kappa shape index (κ1) is 15.9. The van der Waals surface area contributed by atoms with Crippen molar-refractivity contribution in [3.63, 3.8) is 0 Å². The highest BCUT2D eigenvalue weighted by Gasteiger charge is 2.23. The van der Waals surface area contributed by atoms with Crippen molar-refractivity contribution in [2.75, 3.05) is 26.2 Å². The Kier molecular flexibility index (Phi) is 4.88. The van der Waals surface area contributed by atoms with E-state index in [0.717, 1.165) is 25.2 Å². The molecule has 1 aromatic carbocycles. The highest BCUT2D eigenvalue weighted by atomic mass is 35.5. The minimum absolute atomic E-state index is 0.143. The molecular formula is C17H17ClFN3O.